The van der Waals surface area contributed by atoms with Crippen molar-refractivity contribution in [2.75, 3.05) is 22.5 Å². The van der Waals surface area contributed by atoms with Crippen LogP contribution in [-0.4, -0.2) is 33.5 Å². The number of hydrogen-bond acceptors (Lipinski definition) is 5. The number of fused-ring (bicyclic) bond motifs is 1. The van der Waals surface area contributed by atoms with E-state index in [4.69, 9.17) is 5.73 Å². The number of nitrogens with one attached hydrogen (secondary N) is 2. The number of aromatic nitrogens is 3. The largest absolute Gasteiger partial charge is 0.366 e. The number of aromatic amines is 1. The monoisotopic (exact) mass is 258 g/mol. The third-order valence-corrected chi connectivity index (χ3v) is 2.72. The smallest absolute Gasteiger partial charge is 0.296 e. The molecule has 0 spiro atoms. The first-order valence-corrected chi connectivity index (χ1v) is 5.54. The van der Waals surface area contributed by atoms with Gasteiger partial charge in [-0.1, -0.05) is 12.1 Å². The number of anilines is 3. The van der Waals surface area contributed by atoms with Gasteiger partial charge in [0.1, 0.15) is 6.54 Å². The molecule has 0 aliphatic carbocycles. The first-order chi connectivity index (χ1) is 9.15. The lowest BCUT2D eigenvalue weighted by molar-refractivity contribution is -0.115. The fraction of sp³-hybridized carbons (Fsp3) is 0.0909. The molecule has 2 amide bonds. The van der Waals surface area contributed by atoms with E-state index in [0.29, 0.717) is 11.4 Å². The average molecular weight is 258 g/mol. The number of carbonyl (C=O) groups excluding carboxylic acids is 2. The number of amides is 2. The number of hydrogen-bond donors (Lipinski definition) is 3. The van der Waals surface area contributed by atoms with E-state index in [1.165, 1.54) is 4.90 Å². The molecule has 0 atom stereocenters. The number of rotatable bonds is 1. The van der Waals surface area contributed by atoms with Gasteiger partial charge in [0.05, 0.1) is 11.4 Å². The fourth-order valence-electron chi connectivity index (χ4n) is 1.91. The van der Waals surface area contributed by atoms with Gasteiger partial charge in [0.15, 0.2) is 0 Å². The van der Waals surface area contributed by atoms with Gasteiger partial charge in [-0.2, -0.15) is 4.98 Å². The Hall–Kier alpha value is -2.90. The van der Waals surface area contributed by atoms with E-state index in [1.807, 2.05) is 0 Å². The summed E-state index contributed by atoms with van der Waals surface area (Å²) in [5.41, 5.74) is 6.56. The Morgan fingerprint density at radius 2 is 2.16 bits per heavy atom. The van der Waals surface area contributed by atoms with Crippen molar-refractivity contribution in [2.24, 2.45) is 0 Å². The summed E-state index contributed by atoms with van der Waals surface area (Å²) in [6.45, 7) is -0.0730. The fourth-order valence-corrected chi connectivity index (χ4v) is 1.91. The van der Waals surface area contributed by atoms with Gasteiger partial charge in [-0.25, -0.2) is 0 Å². The molecule has 0 fully saturated rings. The van der Waals surface area contributed by atoms with Gasteiger partial charge in [0.2, 0.25) is 17.7 Å². The van der Waals surface area contributed by atoms with Gasteiger partial charge in [-0.3, -0.25) is 19.6 Å². The standard InChI is InChI=1S/C11H10N6O2/c12-11-14-9(15-16-11)10(19)17-5-8(18)13-6-3-1-2-4-7(6)17/h1-4H,5H2,(H,13,18)(H3,12,14,15,16). The number of benzene rings is 1. The summed E-state index contributed by atoms with van der Waals surface area (Å²) in [7, 11) is 0. The quantitative estimate of drug-likeness (QED) is 0.664. The van der Waals surface area contributed by atoms with Crippen molar-refractivity contribution in [3.8, 4) is 0 Å². The van der Waals surface area contributed by atoms with Gasteiger partial charge < -0.3 is 11.1 Å². The van der Waals surface area contributed by atoms with Crippen LogP contribution in [0.3, 0.4) is 0 Å². The van der Waals surface area contributed by atoms with Crippen LogP contribution in [0.15, 0.2) is 24.3 Å². The zero-order chi connectivity index (χ0) is 13.4. The highest BCUT2D eigenvalue weighted by atomic mass is 16.2. The number of nitrogens with zero attached hydrogens (tertiary/aromatic N) is 3. The summed E-state index contributed by atoms with van der Waals surface area (Å²) in [6.07, 6.45) is 0. The Balaban J connectivity index is 2.01. The minimum atomic E-state index is -0.452. The van der Waals surface area contributed by atoms with Crippen LogP contribution in [0.5, 0.6) is 0 Å². The molecule has 19 heavy (non-hydrogen) atoms. The maximum absolute atomic E-state index is 12.3. The maximum Gasteiger partial charge on any atom is 0.296 e. The number of nitrogens with two attached hydrogens (primary N) is 1. The Morgan fingerprint density at radius 3 is 2.89 bits per heavy atom. The van der Waals surface area contributed by atoms with E-state index in [-0.39, 0.29) is 24.2 Å². The van der Waals surface area contributed by atoms with Crippen LogP contribution in [0.2, 0.25) is 0 Å². The highest BCUT2D eigenvalue weighted by Crippen LogP contribution is 2.29. The highest BCUT2D eigenvalue weighted by Gasteiger charge is 2.29. The van der Waals surface area contributed by atoms with Crippen molar-refractivity contribution in [1.29, 1.82) is 0 Å². The Morgan fingerprint density at radius 1 is 1.37 bits per heavy atom. The first-order valence-electron chi connectivity index (χ1n) is 5.54. The third-order valence-electron chi connectivity index (χ3n) is 2.72. The van der Waals surface area contributed by atoms with Gasteiger partial charge in [-0.15, -0.1) is 5.10 Å². The van der Waals surface area contributed by atoms with Gasteiger partial charge in [0, 0.05) is 0 Å². The molecule has 0 unspecified atom stereocenters. The van der Waals surface area contributed by atoms with E-state index in [9.17, 15) is 9.59 Å². The lowest BCUT2D eigenvalue weighted by Crippen LogP contribution is -2.42. The Kier molecular flexibility index (Phi) is 2.41. The lowest BCUT2D eigenvalue weighted by Gasteiger charge is -2.28. The summed E-state index contributed by atoms with van der Waals surface area (Å²) < 4.78 is 0. The summed E-state index contributed by atoms with van der Waals surface area (Å²) in [5, 5.41) is 8.74. The molecule has 4 N–H and O–H groups in total. The highest BCUT2D eigenvalue weighted by molar-refractivity contribution is 6.13. The molecule has 0 saturated carbocycles. The van der Waals surface area contributed by atoms with Crippen LogP contribution in [0.4, 0.5) is 17.3 Å². The number of para-hydroxylation sites is 2. The normalized spacial score (nSPS) is 13.9. The maximum atomic E-state index is 12.3. The summed E-state index contributed by atoms with van der Waals surface area (Å²) in [6, 6.07) is 7.03. The molecular formula is C11H10N6O2. The Bertz CT molecular complexity index is 665. The van der Waals surface area contributed by atoms with Crippen LogP contribution in [-0.2, 0) is 4.79 Å². The molecule has 1 aliphatic heterocycles. The topological polar surface area (TPSA) is 117 Å². The second kappa shape index (κ2) is 4.09. The van der Waals surface area contributed by atoms with Gasteiger partial charge in [0.25, 0.3) is 5.91 Å². The van der Waals surface area contributed by atoms with Crippen molar-refractivity contribution in [2.45, 2.75) is 0 Å². The van der Waals surface area contributed by atoms with Crippen molar-refractivity contribution in [3.05, 3.63) is 30.1 Å². The molecule has 2 aromatic rings. The second-order valence-corrected chi connectivity index (χ2v) is 4.00. The molecule has 3 rings (SSSR count). The van der Waals surface area contributed by atoms with E-state index in [0.717, 1.165) is 0 Å². The summed E-state index contributed by atoms with van der Waals surface area (Å²) >= 11 is 0. The molecule has 1 aliphatic rings. The predicted molar refractivity (Wildman–Crippen MR) is 67.5 cm³/mol. The zero-order valence-corrected chi connectivity index (χ0v) is 9.75. The van der Waals surface area contributed by atoms with Crippen LogP contribution < -0.4 is 16.0 Å². The second-order valence-electron chi connectivity index (χ2n) is 4.00. The van der Waals surface area contributed by atoms with Crippen LogP contribution in [0, 0.1) is 0 Å². The predicted octanol–water partition coefficient (Wildman–Crippen LogP) is -0.0142. The third kappa shape index (κ3) is 1.88. The van der Waals surface area contributed by atoms with Crippen molar-refractivity contribution in [3.63, 3.8) is 0 Å². The Labute approximate surface area is 107 Å². The molecule has 1 aromatic carbocycles. The van der Waals surface area contributed by atoms with Crippen LogP contribution in [0.25, 0.3) is 0 Å². The molecule has 0 saturated heterocycles. The van der Waals surface area contributed by atoms with E-state index in [2.05, 4.69) is 20.5 Å². The first kappa shape index (κ1) is 11.2. The van der Waals surface area contributed by atoms with Crippen molar-refractivity contribution in [1.82, 2.24) is 15.2 Å². The number of carbonyl (C=O) groups is 2. The lowest BCUT2D eigenvalue weighted by atomic mass is 10.2. The molecule has 2 heterocycles. The minimum Gasteiger partial charge on any atom is -0.366 e. The van der Waals surface area contributed by atoms with Crippen molar-refractivity contribution < 1.29 is 9.59 Å². The average Bonchev–Trinajstić information content (AvgIpc) is 2.83. The molecule has 8 nitrogen and oxygen atoms in total. The zero-order valence-electron chi connectivity index (χ0n) is 9.75. The SMILES string of the molecule is Nc1n[nH]c(C(=O)N2CC(=O)Nc3ccccc32)n1. The van der Waals surface area contributed by atoms with E-state index >= 15 is 0 Å². The summed E-state index contributed by atoms with van der Waals surface area (Å²) in [5.74, 6) is -0.730. The molecule has 8 heteroatoms. The minimum absolute atomic E-state index is 0.00185. The molecule has 1 aromatic heterocycles. The van der Waals surface area contributed by atoms with Crippen molar-refractivity contribution >= 4 is 29.1 Å². The van der Waals surface area contributed by atoms with Gasteiger partial charge in [-0.05, 0) is 12.1 Å². The van der Waals surface area contributed by atoms with E-state index in [1.54, 1.807) is 24.3 Å². The summed E-state index contributed by atoms with van der Waals surface area (Å²) in [4.78, 5) is 29.0. The number of H-pyrrole nitrogens is 1. The van der Waals surface area contributed by atoms with Crippen LogP contribution in [0.1, 0.15) is 10.6 Å². The van der Waals surface area contributed by atoms with Crippen LogP contribution >= 0.6 is 0 Å². The van der Waals surface area contributed by atoms with Gasteiger partial charge >= 0.3 is 0 Å². The molecule has 0 radical (unpaired) electrons. The molecule has 0 bridgehead atoms. The molecule has 96 valence electrons. The van der Waals surface area contributed by atoms with E-state index < -0.39 is 5.91 Å². The molecular weight excluding hydrogens is 248 g/mol. The number of nitrogen functional groups attached to an aromatic ring is 1.